The lowest BCUT2D eigenvalue weighted by atomic mass is 10.0. The molecular weight excluding hydrogens is 270 g/mol. The van der Waals surface area contributed by atoms with E-state index in [0.29, 0.717) is 23.0 Å². The Morgan fingerprint density at radius 1 is 1.33 bits per heavy atom. The van der Waals surface area contributed by atoms with Crippen molar-refractivity contribution >= 4 is 11.8 Å². The summed E-state index contributed by atoms with van der Waals surface area (Å²) in [4.78, 5) is 21.6. The van der Waals surface area contributed by atoms with Crippen LogP contribution in [0.4, 0.5) is 5.82 Å². The number of anilines is 1. The Kier molecular flexibility index (Phi) is 3.21. The molecule has 21 heavy (non-hydrogen) atoms. The average Bonchev–Trinajstić information content (AvgIpc) is 2.44. The molecule has 2 heterocycles. The number of rotatable bonds is 3. The maximum Gasteiger partial charge on any atom is 0.356 e. The molecule has 6 heteroatoms. The van der Waals surface area contributed by atoms with Crippen LogP contribution in [0.2, 0.25) is 0 Å². The highest BCUT2D eigenvalue weighted by Crippen LogP contribution is 2.35. The highest BCUT2D eigenvalue weighted by atomic mass is 16.4. The summed E-state index contributed by atoms with van der Waals surface area (Å²) in [5.41, 5.74) is 0.758. The van der Waals surface area contributed by atoms with Gasteiger partial charge in [0, 0.05) is 18.7 Å². The van der Waals surface area contributed by atoms with Crippen LogP contribution in [0, 0.1) is 5.92 Å². The van der Waals surface area contributed by atoms with Gasteiger partial charge in [-0.25, -0.2) is 14.8 Å². The Morgan fingerprint density at radius 3 is 2.67 bits per heavy atom. The topological polar surface area (TPSA) is 86.6 Å². The first-order valence-corrected chi connectivity index (χ1v) is 6.70. The molecule has 0 atom stereocenters. The van der Waals surface area contributed by atoms with Crippen LogP contribution in [0.25, 0.3) is 11.3 Å². The molecule has 3 rings (SSSR count). The molecule has 6 nitrogen and oxygen atoms in total. The fourth-order valence-corrected chi connectivity index (χ4v) is 2.44. The van der Waals surface area contributed by atoms with Gasteiger partial charge in [0.25, 0.3) is 0 Å². The zero-order valence-corrected chi connectivity index (χ0v) is 11.5. The Balaban J connectivity index is 2.12. The fraction of sp³-hybridized carbons (Fsp3) is 0.267. The van der Waals surface area contributed by atoms with Crippen LogP contribution in [-0.2, 0) is 0 Å². The summed E-state index contributed by atoms with van der Waals surface area (Å²) in [6.07, 6.45) is 1.25. The van der Waals surface area contributed by atoms with E-state index in [-0.39, 0.29) is 11.4 Å². The molecule has 1 aromatic carbocycles. The number of carboxylic acids is 1. The monoisotopic (exact) mass is 285 g/mol. The number of phenols is 1. The number of aromatic nitrogens is 2. The lowest BCUT2D eigenvalue weighted by Gasteiger charge is -2.38. The lowest BCUT2D eigenvalue weighted by Crippen LogP contribution is -2.46. The third kappa shape index (κ3) is 2.40. The van der Waals surface area contributed by atoms with Gasteiger partial charge in [0.1, 0.15) is 11.4 Å². The van der Waals surface area contributed by atoms with Gasteiger partial charge in [-0.3, -0.25) is 0 Å². The molecule has 1 aliphatic heterocycles. The third-order valence-electron chi connectivity index (χ3n) is 3.50. The largest absolute Gasteiger partial charge is 0.507 e. The number of carboxylic acid groups (broad SMARTS) is 1. The number of phenolic OH excluding ortho intramolecular Hbond substituents is 1. The molecule has 1 aromatic heterocycles. The van der Waals surface area contributed by atoms with Crippen molar-refractivity contribution in [2.75, 3.05) is 18.0 Å². The number of aromatic hydroxyl groups is 1. The van der Waals surface area contributed by atoms with Gasteiger partial charge < -0.3 is 15.1 Å². The van der Waals surface area contributed by atoms with Crippen LogP contribution in [0.1, 0.15) is 17.4 Å². The van der Waals surface area contributed by atoms with Gasteiger partial charge in [-0.05, 0) is 18.1 Å². The van der Waals surface area contributed by atoms with E-state index >= 15 is 0 Å². The molecule has 0 bridgehead atoms. The minimum atomic E-state index is -1.14. The van der Waals surface area contributed by atoms with E-state index in [1.54, 1.807) is 24.3 Å². The maximum atomic E-state index is 11.1. The van der Waals surface area contributed by atoms with Gasteiger partial charge in [-0.15, -0.1) is 0 Å². The first-order chi connectivity index (χ1) is 10.1. The van der Waals surface area contributed by atoms with E-state index in [1.807, 2.05) is 4.90 Å². The van der Waals surface area contributed by atoms with Gasteiger partial charge in [-0.1, -0.05) is 19.1 Å². The molecule has 0 radical (unpaired) electrons. The SMILES string of the molecule is CC1CN(c2ncc(C(=O)O)nc2-c2ccccc2O)C1. The van der Waals surface area contributed by atoms with Crippen LogP contribution in [0.15, 0.2) is 30.5 Å². The fourth-order valence-electron chi connectivity index (χ4n) is 2.44. The van der Waals surface area contributed by atoms with Crippen molar-refractivity contribution in [2.24, 2.45) is 5.92 Å². The molecule has 0 amide bonds. The standard InChI is InChI=1S/C15H15N3O3/c1-9-7-18(8-9)14-13(10-4-2-3-5-12(10)19)17-11(6-16-14)15(20)21/h2-6,9,19H,7-8H2,1H3,(H,20,21). The summed E-state index contributed by atoms with van der Waals surface area (Å²) in [7, 11) is 0. The van der Waals surface area contributed by atoms with Crippen molar-refractivity contribution in [3.05, 3.63) is 36.2 Å². The van der Waals surface area contributed by atoms with Crippen LogP contribution in [-0.4, -0.2) is 39.2 Å². The van der Waals surface area contributed by atoms with E-state index < -0.39 is 5.97 Å². The molecule has 0 aliphatic carbocycles. The van der Waals surface area contributed by atoms with Crippen molar-refractivity contribution in [1.82, 2.24) is 9.97 Å². The zero-order chi connectivity index (χ0) is 15.0. The molecular formula is C15H15N3O3. The minimum Gasteiger partial charge on any atom is -0.507 e. The van der Waals surface area contributed by atoms with Crippen molar-refractivity contribution in [3.63, 3.8) is 0 Å². The summed E-state index contributed by atoms with van der Waals surface area (Å²) in [6.45, 7) is 3.83. The highest BCUT2D eigenvalue weighted by molar-refractivity contribution is 5.87. The second-order valence-electron chi connectivity index (χ2n) is 5.26. The zero-order valence-electron chi connectivity index (χ0n) is 11.5. The normalized spacial score (nSPS) is 14.8. The van der Waals surface area contributed by atoms with Crippen molar-refractivity contribution in [2.45, 2.75) is 6.92 Å². The van der Waals surface area contributed by atoms with E-state index in [1.165, 1.54) is 6.20 Å². The number of para-hydroxylation sites is 1. The van der Waals surface area contributed by atoms with E-state index in [4.69, 9.17) is 5.11 Å². The first kappa shape index (κ1) is 13.4. The molecule has 1 saturated heterocycles. The number of aromatic carboxylic acids is 1. The molecule has 0 spiro atoms. The summed E-state index contributed by atoms with van der Waals surface area (Å²) < 4.78 is 0. The Bertz CT molecular complexity index is 696. The Labute approximate surface area is 121 Å². The van der Waals surface area contributed by atoms with E-state index in [0.717, 1.165) is 13.1 Å². The Hall–Kier alpha value is -2.63. The molecule has 0 unspecified atom stereocenters. The second-order valence-corrected chi connectivity index (χ2v) is 5.26. The van der Waals surface area contributed by atoms with Crippen molar-refractivity contribution < 1.29 is 15.0 Å². The molecule has 2 aromatic rings. The van der Waals surface area contributed by atoms with Gasteiger partial charge in [0.2, 0.25) is 0 Å². The quantitative estimate of drug-likeness (QED) is 0.897. The smallest absolute Gasteiger partial charge is 0.356 e. The summed E-state index contributed by atoms with van der Waals surface area (Å²) in [5.74, 6) is 0.106. The van der Waals surface area contributed by atoms with Crippen molar-refractivity contribution in [1.29, 1.82) is 0 Å². The number of benzene rings is 1. The molecule has 1 fully saturated rings. The van der Waals surface area contributed by atoms with Crippen LogP contribution in [0.5, 0.6) is 5.75 Å². The van der Waals surface area contributed by atoms with Gasteiger partial charge >= 0.3 is 5.97 Å². The molecule has 2 N–H and O–H groups in total. The van der Waals surface area contributed by atoms with Gasteiger partial charge in [-0.2, -0.15) is 0 Å². The van der Waals surface area contributed by atoms with Gasteiger partial charge in [0.15, 0.2) is 11.5 Å². The number of hydrogen-bond acceptors (Lipinski definition) is 5. The predicted octanol–water partition coefficient (Wildman–Crippen LogP) is 2.00. The van der Waals surface area contributed by atoms with Crippen LogP contribution >= 0.6 is 0 Å². The third-order valence-corrected chi connectivity index (χ3v) is 3.50. The summed E-state index contributed by atoms with van der Waals surface area (Å²) in [6, 6.07) is 6.73. The highest BCUT2D eigenvalue weighted by Gasteiger charge is 2.28. The summed E-state index contributed by atoms with van der Waals surface area (Å²) in [5, 5.41) is 19.1. The summed E-state index contributed by atoms with van der Waals surface area (Å²) >= 11 is 0. The van der Waals surface area contributed by atoms with E-state index in [9.17, 15) is 9.90 Å². The van der Waals surface area contributed by atoms with Gasteiger partial charge in [0.05, 0.1) is 6.20 Å². The molecule has 0 saturated carbocycles. The molecule has 108 valence electrons. The number of carbonyl (C=O) groups is 1. The first-order valence-electron chi connectivity index (χ1n) is 6.70. The van der Waals surface area contributed by atoms with E-state index in [2.05, 4.69) is 16.9 Å². The lowest BCUT2D eigenvalue weighted by molar-refractivity contribution is 0.0690. The molecule has 1 aliphatic rings. The maximum absolute atomic E-state index is 11.1. The Morgan fingerprint density at radius 2 is 2.05 bits per heavy atom. The van der Waals surface area contributed by atoms with Crippen LogP contribution < -0.4 is 4.90 Å². The van der Waals surface area contributed by atoms with Crippen LogP contribution in [0.3, 0.4) is 0 Å². The predicted molar refractivity (Wildman–Crippen MR) is 77.5 cm³/mol. The van der Waals surface area contributed by atoms with Crippen molar-refractivity contribution in [3.8, 4) is 17.0 Å². The number of nitrogens with zero attached hydrogens (tertiary/aromatic N) is 3. The second kappa shape index (κ2) is 5.05. The average molecular weight is 285 g/mol. The number of hydrogen-bond donors (Lipinski definition) is 2. The minimum absolute atomic E-state index is 0.0594.